The summed E-state index contributed by atoms with van der Waals surface area (Å²) in [7, 11) is 0. The van der Waals surface area contributed by atoms with Crippen LogP contribution in [0.3, 0.4) is 0 Å². The van der Waals surface area contributed by atoms with Crippen LogP contribution in [-0.4, -0.2) is 33.2 Å². The molecule has 4 heterocycles. The van der Waals surface area contributed by atoms with Gasteiger partial charge in [0.2, 0.25) is 0 Å². The van der Waals surface area contributed by atoms with E-state index in [0.717, 1.165) is 17.8 Å². The third-order valence-corrected chi connectivity index (χ3v) is 6.52. The van der Waals surface area contributed by atoms with Crippen molar-refractivity contribution in [3.63, 3.8) is 0 Å². The molecular formula is C20H19N3O5. The molecule has 2 bridgehead atoms. The van der Waals surface area contributed by atoms with E-state index in [9.17, 15) is 24.8 Å². The van der Waals surface area contributed by atoms with Gasteiger partial charge >= 0.3 is 5.97 Å². The highest BCUT2D eigenvalue weighted by atomic mass is 16.6. The van der Waals surface area contributed by atoms with E-state index in [1.807, 2.05) is 6.07 Å². The number of nitro benzene ring substituents is 1. The highest BCUT2D eigenvalue weighted by Crippen LogP contribution is 2.47. The topological polar surface area (TPSA) is 106 Å². The monoisotopic (exact) mass is 381 g/mol. The first kappa shape index (κ1) is 17.0. The minimum absolute atomic E-state index is 0.0181. The second kappa shape index (κ2) is 5.92. The van der Waals surface area contributed by atoms with Crippen LogP contribution in [-0.2, 0) is 17.8 Å². The summed E-state index contributed by atoms with van der Waals surface area (Å²) in [6.45, 7) is 1.12. The Bertz CT molecular complexity index is 1060. The number of piperidine rings is 1. The number of fused-ring (bicyclic) bond motifs is 8. The van der Waals surface area contributed by atoms with Crippen molar-refractivity contribution < 1.29 is 14.8 Å². The van der Waals surface area contributed by atoms with Crippen LogP contribution in [0.4, 0.5) is 11.4 Å². The van der Waals surface area contributed by atoms with Gasteiger partial charge in [0.25, 0.3) is 11.2 Å². The van der Waals surface area contributed by atoms with E-state index >= 15 is 0 Å². The number of aromatic nitrogens is 1. The van der Waals surface area contributed by atoms with Gasteiger partial charge in [-0.15, -0.1) is 0 Å². The van der Waals surface area contributed by atoms with Gasteiger partial charge in [0.1, 0.15) is 0 Å². The molecule has 1 aromatic heterocycles. The highest BCUT2D eigenvalue weighted by molar-refractivity contribution is 5.76. The van der Waals surface area contributed by atoms with Crippen LogP contribution in [0.5, 0.6) is 0 Å². The molecule has 3 aliphatic heterocycles. The molecule has 0 spiro atoms. The van der Waals surface area contributed by atoms with E-state index in [1.165, 1.54) is 12.1 Å². The van der Waals surface area contributed by atoms with Gasteiger partial charge in [-0.3, -0.25) is 19.7 Å². The third-order valence-electron chi connectivity index (χ3n) is 6.52. The lowest BCUT2D eigenvalue weighted by Crippen LogP contribution is -2.60. The molecule has 1 aromatic carbocycles. The third kappa shape index (κ3) is 2.37. The maximum absolute atomic E-state index is 12.3. The lowest BCUT2D eigenvalue weighted by Gasteiger charge is -2.53. The molecule has 1 fully saturated rings. The molecule has 144 valence electrons. The van der Waals surface area contributed by atoms with Crippen LogP contribution >= 0.6 is 0 Å². The van der Waals surface area contributed by atoms with Crippen LogP contribution in [0, 0.1) is 22.0 Å². The van der Waals surface area contributed by atoms with Crippen LogP contribution in [0.15, 0.2) is 41.2 Å². The Labute approximate surface area is 160 Å². The van der Waals surface area contributed by atoms with Crippen molar-refractivity contribution in [1.29, 1.82) is 0 Å². The van der Waals surface area contributed by atoms with Gasteiger partial charge in [-0.25, -0.2) is 0 Å². The zero-order chi connectivity index (χ0) is 19.6. The normalized spacial score (nSPS) is 27.4. The fraction of sp³-hybridized carbons (Fsp3) is 0.400. The Morgan fingerprint density at radius 1 is 1.21 bits per heavy atom. The van der Waals surface area contributed by atoms with Gasteiger partial charge < -0.3 is 14.6 Å². The molecule has 1 N–H and O–H groups in total. The zero-order valence-corrected chi connectivity index (χ0v) is 15.0. The van der Waals surface area contributed by atoms with Gasteiger partial charge in [-0.05, 0) is 36.5 Å². The fourth-order valence-electron chi connectivity index (χ4n) is 5.44. The molecule has 0 radical (unpaired) electrons. The number of hydrogen-bond acceptors (Lipinski definition) is 5. The Balaban J connectivity index is 1.64. The quantitative estimate of drug-likeness (QED) is 0.630. The number of carboxylic acid groups (broad SMARTS) is 1. The van der Waals surface area contributed by atoms with Crippen molar-refractivity contribution in [3.8, 4) is 0 Å². The maximum Gasteiger partial charge on any atom is 0.308 e. The molecule has 28 heavy (non-hydrogen) atoms. The molecule has 0 aliphatic carbocycles. The van der Waals surface area contributed by atoms with Gasteiger partial charge in [0.05, 0.1) is 10.8 Å². The molecule has 8 nitrogen and oxygen atoms in total. The number of nitrogens with zero attached hydrogens (tertiary/aromatic N) is 3. The van der Waals surface area contributed by atoms with Crippen molar-refractivity contribution in [2.24, 2.45) is 11.8 Å². The maximum atomic E-state index is 12.3. The first-order valence-corrected chi connectivity index (χ1v) is 9.40. The summed E-state index contributed by atoms with van der Waals surface area (Å²) in [5, 5.41) is 21.1. The number of carboxylic acids is 1. The lowest BCUT2D eigenvalue weighted by atomic mass is 9.70. The number of anilines is 1. The average Bonchev–Trinajstić information content (AvgIpc) is 2.67. The number of pyridine rings is 1. The van der Waals surface area contributed by atoms with Crippen LogP contribution in [0.25, 0.3) is 0 Å². The lowest BCUT2D eigenvalue weighted by molar-refractivity contribution is -0.384. The zero-order valence-electron chi connectivity index (χ0n) is 15.0. The molecule has 0 amide bonds. The minimum Gasteiger partial charge on any atom is -0.481 e. The minimum atomic E-state index is -0.892. The van der Waals surface area contributed by atoms with Crippen molar-refractivity contribution in [2.75, 3.05) is 11.4 Å². The summed E-state index contributed by atoms with van der Waals surface area (Å²) in [5.74, 6) is -1.35. The molecule has 1 saturated heterocycles. The number of nitro groups is 1. The number of hydrogen-bond donors (Lipinski definition) is 1. The highest BCUT2D eigenvalue weighted by Gasteiger charge is 2.49. The van der Waals surface area contributed by atoms with E-state index < -0.39 is 16.8 Å². The standard InChI is InChI=1S/C20H19N3O5/c24-18-3-1-2-16-12-6-13(10-21(16)18)19-15(20(25)26)8-11-7-14(23(27)28)4-5-17(11)22(19)9-12/h1-5,7,12-13,15,19H,6,8-10H2,(H,25,26)/t12-,13-,15+,19-/m0/s1. The van der Waals surface area contributed by atoms with Crippen LogP contribution < -0.4 is 10.5 Å². The van der Waals surface area contributed by atoms with Gasteiger partial charge in [0.15, 0.2) is 0 Å². The van der Waals surface area contributed by atoms with Crippen LogP contribution in [0.1, 0.15) is 23.6 Å². The molecular weight excluding hydrogens is 362 g/mol. The summed E-state index contributed by atoms with van der Waals surface area (Å²) in [6.07, 6.45) is 1.13. The Hall–Kier alpha value is -3.16. The van der Waals surface area contributed by atoms with Gasteiger partial charge in [-0.1, -0.05) is 6.07 Å². The summed E-state index contributed by atoms with van der Waals surface area (Å²) in [4.78, 5) is 37.3. The van der Waals surface area contributed by atoms with E-state index in [0.29, 0.717) is 18.7 Å². The van der Waals surface area contributed by atoms with Crippen molar-refractivity contribution in [1.82, 2.24) is 4.57 Å². The first-order valence-electron chi connectivity index (χ1n) is 9.40. The van der Waals surface area contributed by atoms with Crippen molar-refractivity contribution in [3.05, 3.63) is 68.1 Å². The molecule has 5 rings (SSSR count). The SMILES string of the molecule is O=C(O)[C@@H]1Cc2cc([N+](=O)[O-])ccc2N2C[C@@H]3C[C@@H](Cn4c3cccc4=O)[C@@H]12. The Morgan fingerprint density at radius 3 is 2.79 bits per heavy atom. The predicted octanol–water partition coefficient (Wildman–Crippen LogP) is 2.01. The number of non-ortho nitro benzene ring substituents is 1. The predicted molar refractivity (Wildman–Crippen MR) is 101 cm³/mol. The Kier molecular flexibility index (Phi) is 3.59. The average molecular weight is 381 g/mol. The molecule has 3 aliphatic rings. The molecule has 2 aromatic rings. The molecule has 0 unspecified atom stereocenters. The molecule has 0 saturated carbocycles. The van der Waals surface area contributed by atoms with Gasteiger partial charge in [0, 0.05) is 54.6 Å². The summed E-state index contributed by atoms with van der Waals surface area (Å²) in [5.41, 5.74) is 2.52. The second-order valence-electron chi connectivity index (χ2n) is 7.95. The van der Waals surface area contributed by atoms with E-state index in [4.69, 9.17) is 0 Å². The summed E-state index contributed by atoms with van der Waals surface area (Å²) >= 11 is 0. The summed E-state index contributed by atoms with van der Waals surface area (Å²) < 4.78 is 1.79. The second-order valence-corrected chi connectivity index (χ2v) is 7.95. The van der Waals surface area contributed by atoms with E-state index in [1.54, 1.807) is 22.8 Å². The Morgan fingerprint density at radius 2 is 2.04 bits per heavy atom. The fourth-order valence-corrected chi connectivity index (χ4v) is 5.44. The number of carbonyl (C=O) groups is 1. The van der Waals surface area contributed by atoms with Gasteiger partial charge in [-0.2, -0.15) is 0 Å². The van der Waals surface area contributed by atoms with E-state index in [2.05, 4.69) is 4.90 Å². The summed E-state index contributed by atoms with van der Waals surface area (Å²) in [6, 6.07) is 9.81. The number of rotatable bonds is 2. The largest absolute Gasteiger partial charge is 0.481 e. The number of benzene rings is 1. The molecule has 8 heteroatoms. The van der Waals surface area contributed by atoms with Crippen LogP contribution in [0.2, 0.25) is 0 Å². The van der Waals surface area contributed by atoms with Crippen molar-refractivity contribution >= 4 is 17.3 Å². The first-order chi connectivity index (χ1) is 13.4. The van der Waals surface area contributed by atoms with Crippen molar-refractivity contribution in [2.45, 2.75) is 31.3 Å². The smallest absolute Gasteiger partial charge is 0.308 e. The van der Waals surface area contributed by atoms with E-state index in [-0.39, 0.29) is 35.5 Å². The molecule has 4 atom stereocenters. The number of aliphatic carboxylic acids is 1.